The maximum atomic E-state index is 8.91. The van der Waals surface area contributed by atoms with Crippen LogP contribution in [0.3, 0.4) is 0 Å². The Hall–Kier alpha value is -2.24. The van der Waals surface area contributed by atoms with Gasteiger partial charge in [-0.15, -0.1) is 0 Å². The Kier molecular flexibility index (Phi) is 4.98. The summed E-state index contributed by atoms with van der Waals surface area (Å²) in [5.41, 5.74) is 0.322. The van der Waals surface area contributed by atoms with Gasteiger partial charge in [0.25, 0.3) is 0 Å². The number of nitrogens with one attached hydrogen (secondary N) is 1. The highest BCUT2D eigenvalue weighted by Crippen LogP contribution is 2.25. The molecule has 0 aliphatic heterocycles. The Labute approximate surface area is 118 Å². The third kappa shape index (κ3) is 3.13. The Morgan fingerprint density at radius 1 is 1.22 bits per heavy atom. The van der Waals surface area contributed by atoms with Crippen LogP contribution in [0.5, 0.6) is 5.75 Å². The first-order valence-electron chi connectivity index (χ1n) is 4.71. The summed E-state index contributed by atoms with van der Waals surface area (Å²) >= 11 is 2.07. The van der Waals surface area contributed by atoms with Crippen molar-refractivity contribution in [3.8, 4) is 24.0 Å². The quantitative estimate of drug-likeness (QED) is 0.668. The topological polar surface area (TPSA) is 92.6 Å². The van der Waals surface area contributed by atoms with Gasteiger partial charge in [0, 0.05) is 3.57 Å². The van der Waals surface area contributed by atoms with E-state index in [0.717, 1.165) is 3.57 Å². The first-order chi connectivity index (χ1) is 8.65. The van der Waals surface area contributed by atoms with E-state index in [-0.39, 0.29) is 11.3 Å². The van der Waals surface area contributed by atoms with Crippen molar-refractivity contribution >= 4 is 28.3 Å². The van der Waals surface area contributed by atoms with Crippen LogP contribution >= 0.6 is 22.6 Å². The van der Waals surface area contributed by atoms with E-state index < -0.39 is 0 Å². The molecule has 88 valence electrons. The van der Waals surface area contributed by atoms with E-state index in [0.29, 0.717) is 11.4 Å². The monoisotopic (exact) mass is 350 g/mol. The molecule has 18 heavy (non-hydrogen) atoms. The average molecular weight is 350 g/mol. The first kappa shape index (κ1) is 13.8. The normalized spacial score (nSPS) is 8.39. The molecule has 0 saturated heterocycles. The predicted molar refractivity (Wildman–Crippen MR) is 73.2 cm³/mol. The molecule has 0 aliphatic carbocycles. The number of anilines is 1. The van der Waals surface area contributed by atoms with Gasteiger partial charge in [0.15, 0.2) is 5.57 Å². The fourth-order valence-corrected chi connectivity index (χ4v) is 1.76. The molecule has 1 N–H and O–H groups in total. The fraction of sp³-hybridized carbons (Fsp3) is 0.0833. The van der Waals surface area contributed by atoms with Gasteiger partial charge in [-0.1, -0.05) is 0 Å². The summed E-state index contributed by atoms with van der Waals surface area (Å²) in [4.78, 5) is 0. The van der Waals surface area contributed by atoms with Gasteiger partial charge in [0.2, 0.25) is 0 Å². The minimum Gasteiger partial charge on any atom is -0.497 e. The van der Waals surface area contributed by atoms with E-state index >= 15 is 0 Å². The molecule has 6 heteroatoms. The highest BCUT2D eigenvalue weighted by molar-refractivity contribution is 14.1. The highest BCUT2D eigenvalue weighted by Gasteiger charge is 2.08. The number of nitrogens with zero attached hydrogens (tertiary/aromatic N) is 3. The van der Waals surface area contributed by atoms with Gasteiger partial charge in [-0.05, 0) is 40.8 Å². The van der Waals surface area contributed by atoms with E-state index in [9.17, 15) is 0 Å². The Morgan fingerprint density at radius 2 is 1.89 bits per heavy atom. The summed E-state index contributed by atoms with van der Waals surface area (Å²) in [6.07, 6.45) is 0. The van der Waals surface area contributed by atoms with Gasteiger partial charge in [-0.25, -0.2) is 0 Å². The lowest BCUT2D eigenvalue weighted by molar-refractivity contribution is 0.414. The molecule has 1 rings (SSSR count). The summed E-state index contributed by atoms with van der Waals surface area (Å²) in [5, 5.41) is 29.1. The predicted octanol–water partition coefficient (Wildman–Crippen LogP) is 2.54. The average Bonchev–Trinajstić information content (AvgIpc) is 2.40. The second-order valence-electron chi connectivity index (χ2n) is 3.06. The third-order valence-corrected chi connectivity index (χ3v) is 2.91. The van der Waals surface area contributed by atoms with Crippen LogP contribution in [-0.4, -0.2) is 7.11 Å². The van der Waals surface area contributed by atoms with Crippen molar-refractivity contribution in [2.45, 2.75) is 0 Å². The molecule has 5 nitrogen and oxygen atoms in total. The van der Waals surface area contributed by atoms with Gasteiger partial charge in [0.1, 0.15) is 29.7 Å². The van der Waals surface area contributed by atoms with Gasteiger partial charge in [0.05, 0.1) is 12.8 Å². The van der Waals surface area contributed by atoms with Crippen LogP contribution in [0, 0.1) is 37.6 Å². The van der Waals surface area contributed by atoms with Crippen molar-refractivity contribution < 1.29 is 4.74 Å². The zero-order chi connectivity index (χ0) is 13.5. The minimum absolute atomic E-state index is 0.0666. The van der Waals surface area contributed by atoms with E-state index in [1.165, 1.54) is 0 Å². The van der Waals surface area contributed by atoms with Gasteiger partial charge in [-0.3, -0.25) is 0 Å². The minimum atomic E-state index is -0.246. The molecular formula is C12H7IN4O. The van der Waals surface area contributed by atoms with E-state index in [1.807, 2.05) is 0 Å². The van der Waals surface area contributed by atoms with E-state index in [1.54, 1.807) is 43.5 Å². The molecule has 0 atom stereocenters. The van der Waals surface area contributed by atoms with E-state index in [2.05, 4.69) is 27.9 Å². The number of halogens is 1. The van der Waals surface area contributed by atoms with Crippen LogP contribution < -0.4 is 10.1 Å². The van der Waals surface area contributed by atoms with Crippen molar-refractivity contribution in [3.05, 3.63) is 33.0 Å². The second-order valence-corrected chi connectivity index (χ2v) is 4.22. The van der Waals surface area contributed by atoms with Crippen LogP contribution in [-0.2, 0) is 0 Å². The maximum Gasteiger partial charge on any atom is 0.163 e. The van der Waals surface area contributed by atoms with Gasteiger partial charge < -0.3 is 10.1 Å². The number of allylic oxidation sites excluding steroid dienone is 2. The molecule has 0 spiro atoms. The first-order valence-corrected chi connectivity index (χ1v) is 5.79. The Bertz CT molecular complexity index is 600. The molecule has 0 bridgehead atoms. The summed E-state index contributed by atoms with van der Waals surface area (Å²) in [6.45, 7) is 0. The smallest absolute Gasteiger partial charge is 0.163 e. The molecule has 0 heterocycles. The van der Waals surface area contributed by atoms with Crippen LogP contribution in [0.15, 0.2) is 29.5 Å². The molecule has 0 aliphatic rings. The number of methoxy groups -OCH3 is 1. The van der Waals surface area contributed by atoms with Crippen molar-refractivity contribution in [2.75, 3.05) is 12.4 Å². The van der Waals surface area contributed by atoms with Crippen molar-refractivity contribution in [3.63, 3.8) is 0 Å². The second kappa shape index (κ2) is 6.48. The van der Waals surface area contributed by atoms with Crippen molar-refractivity contribution in [1.82, 2.24) is 0 Å². The molecule has 0 amide bonds. The van der Waals surface area contributed by atoms with Crippen LogP contribution in [0.2, 0.25) is 0 Å². The van der Waals surface area contributed by atoms with Crippen LogP contribution in [0.1, 0.15) is 0 Å². The maximum absolute atomic E-state index is 8.91. The SMILES string of the molecule is COc1ccc(NC(C#N)=C(C#N)C#N)c(I)c1. The third-order valence-electron chi connectivity index (χ3n) is 2.02. The molecule has 0 fully saturated rings. The van der Waals surface area contributed by atoms with Crippen molar-refractivity contribution in [2.24, 2.45) is 0 Å². The zero-order valence-corrected chi connectivity index (χ0v) is 11.5. The molecule has 1 aromatic rings. The Balaban J connectivity index is 3.14. The lowest BCUT2D eigenvalue weighted by atomic mass is 10.2. The lowest BCUT2D eigenvalue weighted by Crippen LogP contribution is -2.02. The van der Waals surface area contributed by atoms with Crippen LogP contribution in [0.25, 0.3) is 0 Å². The molecule has 1 aromatic carbocycles. The number of rotatable bonds is 3. The summed E-state index contributed by atoms with van der Waals surface area (Å²) in [7, 11) is 1.56. The standard InChI is InChI=1S/C12H7IN4O/c1-18-9-2-3-11(10(13)4-9)17-12(7-16)8(5-14)6-15/h2-4,17H,1H3. The number of nitriles is 3. The molecule has 0 radical (unpaired) electrons. The molecule has 0 saturated carbocycles. The Morgan fingerprint density at radius 3 is 2.33 bits per heavy atom. The van der Waals surface area contributed by atoms with E-state index in [4.69, 9.17) is 20.5 Å². The van der Waals surface area contributed by atoms with Crippen molar-refractivity contribution in [1.29, 1.82) is 15.8 Å². The largest absolute Gasteiger partial charge is 0.497 e. The zero-order valence-electron chi connectivity index (χ0n) is 9.36. The van der Waals surface area contributed by atoms with Gasteiger partial charge >= 0.3 is 0 Å². The van der Waals surface area contributed by atoms with Gasteiger partial charge in [-0.2, -0.15) is 15.8 Å². The lowest BCUT2D eigenvalue weighted by Gasteiger charge is -2.08. The van der Waals surface area contributed by atoms with Crippen LogP contribution in [0.4, 0.5) is 5.69 Å². The molecule has 0 aromatic heterocycles. The number of hydrogen-bond acceptors (Lipinski definition) is 5. The molecular weight excluding hydrogens is 343 g/mol. The summed E-state index contributed by atoms with van der Waals surface area (Å²) in [5.74, 6) is 0.688. The summed E-state index contributed by atoms with van der Waals surface area (Å²) < 4.78 is 5.87. The summed E-state index contributed by atoms with van der Waals surface area (Å²) in [6, 6.07) is 10.3. The molecule has 0 unspecified atom stereocenters. The number of ether oxygens (including phenoxy) is 1. The number of benzene rings is 1. The number of hydrogen-bond donors (Lipinski definition) is 1. The fourth-order valence-electron chi connectivity index (χ4n) is 1.14. The highest BCUT2D eigenvalue weighted by atomic mass is 127.